The van der Waals surface area contributed by atoms with Crippen LogP contribution >= 0.6 is 11.3 Å². The molecule has 0 aliphatic carbocycles. The molecule has 0 radical (unpaired) electrons. The zero-order valence-electron chi connectivity index (χ0n) is 10.7. The Bertz CT molecular complexity index is 701. The predicted octanol–water partition coefficient (Wildman–Crippen LogP) is 2.91. The third kappa shape index (κ3) is 2.89. The summed E-state index contributed by atoms with van der Waals surface area (Å²) in [5, 5.41) is 5.24. The highest BCUT2D eigenvalue weighted by Gasteiger charge is 2.16. The van der Waals surface area contributed by atoms with E-state index in [2.05, 4.69) is 22.4 Å². The Balaban J connectivity index is 1.81. The van der Waals surface area contributed by atoms with E-state index in [1.807, 2.05) is 35.7 Å². The summed E-state index contributed by atoms with van der Waals surface area (Å²) in [7, 11) is 0. The molecule has 0 spiro atoms. The van der Waals surface area contributed by atoms with Gasteiger partial charge in [-0.1, -0.05) is 41.7 Å². The summed E-state index contributed by atoms with van der Waals surface area (Å²) in [6.07, 6.45) is 1.67. The first-order valence-corrected chi connectivity index (χ1v) is 7.19. The Hall–Kier alpha value is -2.11. The van der Waals surface area contributed by atoms with Crippen LogP contribution in [0.2, 0.25) is 0 Å². The number of thiazole rings is 1. The van der Waals surface area contributed by atoms with Gasteiger partial charge in [-0.2, -0.15) is 0 Å². The molecule has 0 saturated heterocycles. The maximum atomic E-state index is 11.2. The number of H-pyrrole nitrogens is 1. The van der Waals surface area contributed by atoms with Gasteiger partial charge in [0.25, 0.3) is 0 Å². The molecular formula is C15H14N2O2S. The molecule has 1 unspecified atom stereocenters. The van der Waals surface area contributed by atoms with Crippen molar-refractivity contribution >= 4 is 11.3 Å². The molecule has 102 valence electrons. The largest absolute Gasteiger partial charge is 0.467 e. The minimum absolute atomic E-state index is 0.0314. The molecule has 3 rings (SSSR count). The fourth-order valence-corrected chi connectivity index (χ4v) is 2.68. The van der Waals surface area contributed by atoms with E-state index >= 15 is 0 Å². The first kappa shape index (κ1) is 12.9. The van der Waals surface area contributed by atoms with Crippen LogP contribution in [0, 0.1) is 0 Å². The van der Waals surface area contributed by atoms with Crippen molar-refractivity contribution in [2.24, 2.45) is 0 Å². The fourth-order valence-electron chi connectivity index (χ4n) is 2.10. The second-order valence-corrected chi connectivity index (χ2v) is 5.26. The lowest BCUT2D eigenvalue weighted by Gasteiger charge is -2.16. The minimum Gasteiger partial charge on any atom is -0.467 e. The van der Waals surface area contributed by atoms with E-state index in [1.165, 1.54) is 11.3 Å². The second kappa shape index (κ2) is 5.90. The lowest BCUT2D eigenvalue weighted by atomic mass is 10.0. The molecule has 0 fully saturated rings. The minimum atomic E-state index is -0.0328. The zero-order valence-corrected chi connectivity index (χ0v) is 11.5. The molecule has 0 aliphatic heterocycles. The number of aromatic nitrogens is 1. The van der Waals surface area contributed by atoms with Gasteiger partial charge in [0.1, 0.15) is 5.76 Å². The molecule has 0 saturated carbocycles. The number of aromatic amines is 1. The van der Waals surface area contributed by atoms with E-state index in [4.69, 9.17) is 4.42 Å². The van der Waals surface area contributed by atoms with Gasteiger partial charge in [0.05, 0.1) is 12.3 Å². The Morgan fingerprint density at radius 2 is 2.05 bits per heavy atom. The van der Waals surface area contributed by atoms with E-state index in [1.54, 1.807) is 6.26 Å². The van der Waals surface area contributed by atoms with E-state index < -0.39 is 0 Å². The smallest absolute Gasteiger partial charge is 0.304 e. The van der Waals surface area contributed by atoms with Crippen molar-refractivity contribution in [3.8, 4) is 0 Å². The maximum absolute atomic E-state index is 11.2. The van der Waals surface area contributed by atoms with Crippen molar-refractivity contribution in [1.82, 2.24) is 10.3 Å². The van der Waals surface area contributed by atoms with Crippen LogP contribution in [-0.2, 0) is 6.54 Å². The monoisotopic (exact) mass is 286 g/mol. The van der Waals surface area contributed by atoms with Crippen molar-refractivity contribution < 1.29 is 4.42 Å². The number of hydrogen-bond acceptors (Lipinski definition) is 4. The van der Waals surface area contributed by atoms with Crippen LogP contribution in [0.1, 0.15) is 23.1 Å². The fraction of sp³-hybridized carbons (Fsp3) is 0.133. The van der Waals surface area contributed by atoms with Gasteiger partial charge in [0, 0.05) is 17.6 Å². The highest BCUT2D eigenvalue weighted by Crippen LogP contribution is 2.22. The number of nitrogens with one attached hydrogen (secondary N) is 2. The molecule has 2 N–H and O–H groups in total. The van der Waals surface area contributed by atoms with Gasteiger partial charge in [0.15, 0.2) is 0 Å². The lowest BCUT2D eigenvalue weighted by molar-refractivity contribution is 0.444. The van der Waals surface area contributed by atoms with Crippen molar-refractivity contribution in [3.63, 3.8) is 0 Å². The van der Waals surface area contributed by atoms with Gasteiger partial charge >= 0.3 is 4.87 Å². The van der Waals surface area contributed by atoms with E-state index in [9.17, 15) is 4.79 Å². The van der Waals surface area contributed by atoms with Crippen molar-refractivity contribution in [1.29, 1.82) is 0 Å². The van der Waals surface area contributed by atoms with Gasteiger partial charge in [-0.05, 0) is 17.7 Å². The van der Waals surface area contributed by atoms with Crippen molar-refractivity contribution in [3.05, 3.63) is 80.8 Å². The molecule has 1 aromatic carbocycles. The Labute approximate surface area is 120 Å². The molecule has 3 aromatic rings. The average Bonchev–Trinajstić information content (AvgIpc) is 3.12. The maximum Gasteiger partial charge on any atom is 0.304 e. The van der Waals surface area contributed by atoms with Crippen LogP contribution in [0.5, 0.6) is 0 Å². The number of hydrogen-bond donors (Lipinski definition) is 2. The van der Waals surface area contributed by atoms with Crippen LogP contribution in [0.3, 0.4) is 0 Å². The standard InChI is InChI=1S/C15H14N2O2S/c18-15-17-12(10-20-15)9-16-14(13-7-4-8-19-13)11-5-2-1-3-6-11/h1-8,10,14,16H,9H2,(H,17,18). The quantitative estimate of drug-likeness (QED) is 0.758. The molecule has 0 aliphatic rings. The van der Waals surface area contributed by atoms with Gasteiger partial charge in [-0.25, -0.2) is 0 Å². The van der Waals surface area contributed by atoms with Gasteiger partial charge in [-0.3, -0.25) is 10.1 Å². The summed E-state index contributed by atoms with van der Waals surface area (Å²) in [6, 6.07) is 13.9. The highest BCUT2D eigenvalue weighted by molar-refractivity contribution is 7.07. The molecule has 2 aromatic heterocycles. The summed E-state index contributed by atoms with van der Waals surface area (Å²) < 4.78 is 5.51. The van der Waals surface area contributed by atoms with E-state index in [0.717, 1.165) is 17.0 Å². The van der Waals surface area contributed by atoms with Crippen LogP contribution in [0.15, 0.2) is 63.3 Å². The molecule has 1 atom stereocenters. The van der Waals surface area contributed by atoms with Gasteiger partial charge < -0.3 is 9.40 Å². The third-order valence-corrected chi connectivity index (χ3v) is 3.75. The summed E-state index contributed by atoms with van der Waals surface area (Å²) in [5.74, 6) is 0.855. The van der Waals surface area contributed by atoms with Crippen LogP contribution in [-0.4, -0.2) is 4.98 Å². The average molecular weight is 286 g/mol. The van der Waals surface area contributed by atoms with Crippen molar-refractivity contribution in [2.75, 3.05) is 0 Å². The Morgan fingerprint density at radius 3 is 2.70 bits per heavy atom. The van der Waals surface area contributed by atoms with Crippen molar-refractivity contribution in [2.45, 2.75) is 12.6 Å². The summed E-state index contributed by atoms with van der Waals surface area (Å²) >= 11 is 1.17. The molecule has 2 heterocycles. The predicted molar refractivity (Wildman–Crippen MR) is 78.8 cm³/mol. The number of benzene rings is 1. The van der Waals surface area contributed by atoms with E-state index in [0.29, 0.717) is 6.54 Å². The second-order valence-electron chi connectivity index (χ2n) is 4.41. The molecule has 0 amide bonds. The molecule has 0 bridgehead atoms. The molecule has 5 heteroatoms. The first-order chi connectivity index (χ1) is 9.83. The first-order valence-electron chi connectivity index (χ1n) is 6.31. The molecular weight excluding hydrogens is 272 g/mol. The van der Waals surface area contributed by atoms with Gasteiger partial charge in [-0.15, -0.1) is 0 Å². The SMILES string of the molecule is O=c1[nH]c(CNC(c2ccccc2)c2ccco2)cs1. The number of furan rings is 1. The summed E-state index contributed by atoms with van der Waals surface area (Å²) in [5.41, 5.74) is 2.01. The summed E-state index contributed by atoms with van der Waals surface area (Å²) in [6.45, 7) is 0.582. The number of rotatable bonds is 5. The lowest BCUT2D eigenvalue weighted by Crippen LogP contribution is -2.22. The Kier molecular flexibility index (Phi) is 3.80. The van der Waals surface area contributed by atoms with Crippen LogP contribution in [0.25, 0.3) is 0 Å². The third-order valence-electron chi connectivity index (χ3n) is 3.03. The van der Waals surface area contributed by atoms with Crippen LogP contribution < -0.4 is 10.2 Å². The normalized spacial score (nSPS) is 12.4. The zero-order chi connectivity index (χ0) is 13.8. The van der Waals surface area contributed by atoms with E-state index in [-0.39, 0.29) is 10.9 Å². The Morgan fingerprint density at radius 1 is 1.20 bits per heavy atom. The van der Waals surface area contributed by atoms with Gasteiger partial charge in [0.2, 0.25) is 0 Å². The highest BCUT2D eigenvalue weighted by atomic mass is 32.1. The topological polar surface area (TPSA) is 58.0 Å². The summed E-state index contributed by atoms with van der Waals surface area (Å²) in [4.78, 5) is 13.9. The van der Waals surface area contributed by atoms with Crippen LogP contribution in [0.4, 0.5) is 0 Å². The molecule has 20 heavy (non-hydrogen) atoms. The molecule has 4 nitrogen and oxygen atoms in total.